The van der Waals surface area contributed by atoms with Gasteiger partial charge in [-0.1, -0.05) is 26.2 Å². The Morgan fingerprint density at radius 1 is 1.26 bits per heavy atom. The van der Waals surface area contributed by atoms with Gasteiger partial charge in [0, 0.05) is 17.0 Å². The minimum Gasteiger partial charge on any atom is -0.426 e. The molecule has 0 saturated heterocycles. The molecule has 2 aromatic rings. The second kappa shape index (κ2) is 6.57. The van der Waals surface area contributed by atoms with E-state index in [9.17, 15) is 9.59 Å². The van der Waals surface area contributed by atoms with Crippen LogP contribution in [0.2, 0.25) is 0 Å². The zero-order valence-corrected chi connectivity index (χ0v) is 13.7. The van der Waals surface area contributed by atoms with E-state index in [4.69, 9.17) is 9.15 Å². The van der Waals surface area contributed by atoms with E-state index in [0.29, 0.717) is 16.9 Å². The average Bonchev–Trinajstić information content (AvgIpc) is 2.57. The van der Waals surface area contributed by atoms with Crippen LogP contribution in [0.25, 0.3) is 11.0 Å². The van der Waals surface area contributed by atoms with Crippen LogP contribution in [-0.2, 0) is 11.2 Å². The van der Waals surface area contributed by atoms with Gasteiger partial charge in [0.05, 0.1) is 5.92 Å². The molecule has 1 aromatic carbocycles. The summed E-state index contributed by atoms with van der Waals surface area (Å²) >= 11 is 0. The standard InChI is InChI=1S/C19H22O4/c1-3-13-11-17(20)23-18-12(2)16(10-9-15(13)18)22-19(21)14-7-5-4-6-8-14/h9-11,14H,3-8H2,1-2H3. The molecular weight excluding hydrogens is 292 g/mol. The van der Waals surface area contributed by atoms with E-state index < -0.39 is 0 Å². The molecule has 0 atom stereocenters. The molecule has 0 N–H and O–H groups in total. The maximum absolute atomic E-state index is 12.3. The molecule has 122 valence electrons. The van der Waals surface area contributed by atoms with Crippen molar-refractivity contribution < 1.29 is 13.9 Å². The normalized spacial score (nSPS) is 15.7. The van der Waals surface area contributed by atoms with Crippen molar-refractivity contribution in [3.63, 3.8) is 0 Å². The Kier molecular flexibility index (Phi) is 4.51. The number of aryl methyl sites for hydroxylation is 2. The second-order valence-electron chi connectivity index (χ2n) is 6.27. The molecule has 0 unspecified atom stereocenters. The summed E-state index contributed by atoms with van der Waals surface area (Å²) in [5.74, 6) is 0.318. The molecule has 1 aliphatic carbocycles. The van der Waals surface area contributed by atoms with Crippen molar-refractivity contribution in [1.29, 1.82) is 0 Å². The Balaban J connectivity index is 1.94. The number of ether oxygens (including phenoxy) is 1. The smallest absolute Gasteiger partial charge is 0.336 e. The fourth-order valence-electron chi connectivity index (χ4n) is 3.34. The summed E-state index contributed by atoms with van der Waals surface area (Å²) < 4.78 is 11.0. The molecule has 0 bridgehead atoms. The van der Waals surface area contributed by atoms with Crippen molar-refractivity contribution in [3.8, 4) is 5.75 Å². The summed E-state index contributed by atoms with van der Waals surface area (Å²) in [6.45, 7) is 3.83. The third kappa shape index (κ3) is 3.16. The summed E-state index contributed by atoms with van der Waals surface area (Å²) in [7, 11) is 0. The number of benzene rings is 1. The van der Waals surface area contributed by atoms with Crippen molar-refractivity contribution in [3.05, 3.63) is 39.7 Å². The molecule has 0 radical (unpaired) electrons. The first-order valence-corrected chi connectivity index (χ1v) is 8.38. The predicted octanol–water partition coefficient (Wildman–Crippen LogP) is 4.15. The molecule has 0 spiro atoms. The molecule has 1 heterocycles. The largest absolute Gasteiger partial charge is 0.426 e. The topological polar surface area (TPSA) is 56.5 Å². The summed E-state index contributed by atoms with van der Waals surface area (Å²) in [4.78, 5) is 24.1. The van der Waals surface area contributed by atoms with Crippen LogP contribution < -0.4 is 10.4 Å². The number of esters is 1. The lowest BCUT2D eigenvalue weighted by Gasteiger charge is -2.20. The fourth-order valence-corrected chi connectivity index (χ4v) is 3.34. The van der Waals surface area contributed by atoms with Gasteiger partial charge >= 0.3 is 11.6 Å². The van der Waals surface area contributed by atoms with Gasteiger partial charge in [0.1, 0.15) is 11.3 Å². The van der Waals surface area contributed by atoms with Gasteiger partial charge in [-0.3, -0.25) is 4.79 Å². The molecule has 1 aliphatic rings. The van der Waals surface area contributed by atoms with Crippen LogP contribution in [0.15, 0.2) is 27.4 Å². The van der Waals surface area contributed by atoms with E-state index in [0.717, 1.165) is 43.1 Å². The minimum absolute atomic E-state index is 0.00664. The molecule has 4 nitrogen and oxygen atoms in total. The highest BCUT2D eigenvalue weighted by atomic mass is 16.5. The van der Waals surface area contributed by atoms with Gasteiger partial charge in [0.25, 0.3) is 0 Å². The molecule has 1 fully saturated rings. The highest BCUT2D eigenvalue weighted by Crippen LogP contribution is 2.31. The van der Waals surface area contributed by atoms with Crippen LogP contribution in [0.5, 0.6) is 5.75 Å². The number of hydrogen-bond donors (Lipinski definition) is 0. The van der Waals surface area contributed by atoms with Crippen LogP contribution in [-0.4, -0.2) is 5.97 Å². The molecule has 1 saturated carbocycles. The molecule has 0 amide bonds. The van der Waals surface area contributed by atoms with E-state index in [2.05, 4.69) is 0 Å². The maximum atomic E-state index is 12.3. The molecule has 4 heteroatoms. The van der Waals surface area contributed by atoms with Gasteiger partial charge in [0.2, 0.25) is 0 Å². The lowest BCUT2D eigenvalue weighted by Crippen LogP contribution is -2.23. The molecule has 23 heavy (non-hydrogen) atoms. The predicted molar refractivity (Wildman–Crippen MR) is 88.8 cm³/mol. The number of hydrogen-bond acceptors (Lipinski definition) is 4. The highest BCUT2D eigenvalue weighted by Gasteiger charge is 2.24. The van der Waals surface area contributed by atoms with Crippen molar-refractivity contribution in [2.75, 3.05) is 0 Å². The summed E-state index contributed by atoms with van der Waals surface area (Å²) in [6.07, 6.45) is 5.93. The first kappa shape index (κ1) is 15.8. The van der Waals surface area contributed by atoms with E-state index in [1.807, 2.05) is 19.9 Å². The Bertz CT molecular complexity index is 782. The van der Waals surface area contributed by atoms with Gasteiger partial charge in [-0.2, -0.15) is 0 Å². The summed E-state index contributed by atoms with van der Waals surface area (Å²) in [6, 6.07) is 5.20. The van der Waals surface area contributed by atoms with Crippen LogP contribution >= 0.6 is 0 Å². The Labute approximate surface area is 135 Å². The lowest BCUT2D eigenvalue weighted by atomic mass is 9.89. The Morgan fingerprint density at radius 2 is 2.00 bits per heavy atom. The molecule has 1 aromatic heterocycles. The summed E-state index contributed by atoms with van der Waals surface area (Å²) in [5.41, 5.74) is 1.81. The zero-order valence-electron chi connectivity index (χ0n) is 13.7. The van der Waals surface area contributed by atoms with Gasteiger partial charge < -0.3 is 9.15 Å². The van der Waals surface area contributed by atoms with Crippen LogP contribution in [0.3, 0.4) is 0 Å². The second-order valence-corrected chi connectivity index (χ2v) is 6.27. The Hall–Kier alpha value is -2.10. The Morgan fingerprint density at radius 3 is 2.70 bits per heavy atom. The van der Waals surface area contributed by atoms with E-state index in [1.54, 1.807) is 6.07 Å². The maximum Gasteiger partial charge on any atom is 0.336 e. The van der Waals surface area contributed by atoms with Crippen molar-refractivity contribution in [2.45, 2.75) is 52.4 Å². The number of fused-ring (bicyclic) bond motifs is 1. The van der Waals surface area contributed by atoms with E-state index in [1.165, 1.54) is 12.5 Å². The van der Waals surface area contributed by atoms with Gasteiger partial charge in [-0.15, -0.1) is 0 Å². The number of rotatable bonds is 3. The van der Waals surface area contributed by atoms with Gasteiger partial charge in [-0.25, -0.2) is 4.79 Å². The third-order valence-electron chi connectivity index (χ3n) is 4.73. The molecule has 3 rings (SSSR count). The molecule has 0 aliphatic heterocycles. The fraction of sp³-hybridized carbons (Fsp3) is 0.474. The summed E-state index contributed by atoms with van der Waals surface area (Å²) in [5, 5.41) is 0.905. The molecular formula is C19H22O4. The monoisotopic (exact) mass is 314 g/mol. The van der Waals surface area contributed by atoms with Crippen LogP contribution in [0.4, 0.5) is 0 Å². The van der Waals surface area contributed by atoms with Crippen molar-refractivity contribution in [1.82, 2.24) is 0 Å². The van der Waals surface area contributed by atoms with Crippen molar-refractivity contribution >= 4 is 16.9 Å². The van der Waals surface area contributed by atoms with E-state index in [-0.39, 0.29) is 17.5 Å². The zero-order chi connectivity index (χ0) is 16.4. The highest BCUT2D eigenvalue weighted by molar-refractivity contribution is 5.86. The number of carbonyl (C=O) groups excluding carboxylic acids is 1. The average molecular weight is 314 g/mol. The van der Waals surface area contributed by atoms with Crippen LogP contribution in [0.1, 0.15) is 50.2 Å². The quantitative estimate of drug-likeness (QED) is 0.485. The third-order valence-corrected chi connectivity index (χ3v) is 4.73. The lowest BCUT2D eigenvalue weighted by molar-refractivity contribution is -0.140. The minimum atomic E-state index is -0.367. The van der Waals surface area contributed by atoms with Crippen molar-refractivity contribution in [2.24, 2.45) is 5.92 Å². The first-order chi connectivity index (χ1) is 11.1. The van der Waals surface area contributed by atoms with E-state index >= 15 is 0 Å². The first-order valence-electron chi connectivity index (χ1n) is 8.38. The van der Waals surface area contributed by atoms with Crippen LogP contribution in [0, 0.1) is 12.8 Å². The van der Waals surface area contributed by atoms with Gasteiger partial charge in [0.15, 0.2) is 0 Å². The number of carbonyl (C=O) groups is 1. The SMILES string of the molecule is CCc1cc(=O)oc2c(C)c(OC(=O)C3CCCCC3)ccc12. The van der Waals surface area contributed by atoms with Gasteiger partial charge in [-0.05, 0) is 43.9 Å².